The van der Waals surface area contributed by atoms with Crippen molar-refractivity contribution in [3.8, 4) is 0 Å². The molecule has 0 aliphatic heterocycles. The Balaban J connectivity index is 0.000000972. The first-order valence-electron chi connectivity index (χ1n) is 7.47. The van der Waals surface area contributed by atoms with Gasteiger partial charge in [-0.3, -0.25) is 0 Å². The first-order chi connectivity index (χ1) is 12.6. The zero-order chi connectivity index (χ0) is 21.0. The van der Waals surface area contributed by atoms with Gasteiger partial charge in [0.25, 0.3) is 0 Å². The van der Waals surface area contributed by atoms with Crippen LogP contribution >= 0.6 is 0 Å². The molecule has 0 spiro atoms. The van der Waals surface area contributed by atoms with Crippen molar-refractivity contribution in [2.24, 2.45) is 0 Å². The molecule has 0 saturated heterocycles. The van der Waals surface area contributed by atoms with Crippen molar-refractivity contribution in [2.45, 2.75) is 6.92 Å². The maximum absolute atomic E-state index is 11.8. The van der Waals surface area contributed by atoms with Crippen LogP contribution in [0.2, 0.25) is 0 Å². The molecule has 10 nitrogen and oxygen atoms in total. The van der Waals surface area contributed by atoms with Gasteiger partial charge >= 0.3 is 23.9 Å². The van der Waals surface area contributed by atoms with Crippen LogP contribution in [0.4, 0.5) is 0 Å². The lowest BCUT2D eigenvalue weighted by Gasteiger charge is -2.08. The summed E-state index contributed by atoms with van der Waals surface area (Å²) in [6.45, 7) is 4.41. The molecular weight excluding hydrogens is 364 g/mol. The Kier molecular flexibility index (Phi) is 10.7. The number of ether oxygens (including phenoxy) is 2. The van der Waals surface area contributed by atoms with Gasteiger partial charge in [-0.05, 0) is 25.1 Å². The standard InChI is InChI=1S/C13H14O8.C4H6O2/c14-3-4-20-5-6-21-13(19)10-7-8(11(15)16)1-2-9(10)12(17)18;1-3(2)4(5)6/h1-2,7,14H,3-6H2,(H,15,16)(H,17,18);1H2,2H3,(H,5,6). The van der Waals surface area contributed by atoms with Gasteiger partial charge in [0.15, 0.2) is 0 Å². The quantitative estimate of drug-likeness (QED) is 0.273. The number of carboxylic acid groups (broad SMARTS) is 3. The van der Waals surface area contributed by atoms with Crippen LogP contribution in [0.5, 0.6) is 0 Å². The molecule has 0 bridgehead atoms. The maximum atomic E-state index is 11.8. The highest BCUT2D eigenvalue weighted by Gasteiger charge is 2.20. The van der Waals surface area contributed by atoms with Crippen LogP contribution in [-0.4, -0.2) is 70.7 Å². The molecule has 0 aliphatic rings. The molecule has 0 aromatic heterocycles. The van der Waals surface area contributed by atoms with Crippen molar-refractivity contribution in [1.82, 2.24) is 0 Å². The van der Waals surface area contributed by atoms with Gasteiger partial charge in [0.2, 0.25) is 0 Å². The highest BCUT2D eigenvalue weighted by molar-refractivity contribution is 6.04. The summed E-state index contributed by atoms with van der Waals surface area (Å²) < 4.78 is 9.67. The van der Waals surface area contributed by atoms with Gasteiger partial charge < -0.3 is 29.9 Å². The number of rotatable bonds is 9. The van der Waals surface area contributed by atoms with E-state index in [0.29, 0.717) is 0 Å². The van der Waals surface area contributed by atoms with Gasteiger partial charge in [-0.25, -0.2) is 19.2 Å². The largest absolute Gasteiger partial charge is 0.478 e. The minimum absolute atomic E-state index is 0.0350. The van der Waals surface area contributed by atoms with Crippen molar-refractivity contribution < 1.29 is 49.1 Å². The summed E-state index contributed by atoms with van der Waals surface area (Å²) in [5.74, 6) is -4.54. The molecule has 0 atom stereocenters. The molecule has 0 aliphatic carbocycles. The molecule has 0 amide bonds. The second kappa shape index (κ2) is 12.2. The number of carboxylic acids is 3. The lowest BCUT2D eigenvalue weighted by Crippen LogP contribution is -2.16. The summed E-state index contributed by atoms with van der Waals surface area (Å²) in [6.07, 6.45) is 0. The zero-order valence-corrected chi connectivity index (χ0v) is 14.5. The molecule has 1 aromatic rings. The minimum Gasteiger partial charge on any atom is -0.478 e. The molecule has 0 fully saturated rings. The lowest BCUT2D eigenvalue weighted by molar-refractivity contribution is -0.132. The Bertz CT molecular complexity index is 696. The molecule has 0 radical (unpaired) electrons. The second-order valence-corrected chi connectivity index (χ2v) is 4.93. The normalized spacial score (nSPS) is 9.56. The van der Waals surface area contributed by atoms with E-state index in [1.54, 1.807) is 0 Å². The van der Waals surface area contributed by atoms with E-state index >= 15 is 0 Å². The van der Waals surface area contributed by atoms with Crippen LogP contribution < -0.4 is 0 Å². The second-order valence-electron chi connectivity index (χ2n) is 4.93. The van der Waals surface area contributed by atoms with Crippen molar-refractivity contribution in [3.63, 3.8) is 0 Å². The fraction of sp³-hybridized carbons (Fsp3) is 0.294. The van der Waals surface area contributed by atoms with E-state index in [1.807, 2.05) is 0 Å². The van der Waals surface area contributed by atoms with Crippen LogP contribution in [0.1, 0.15) is 38.0 Å². The monoisotopic (exact) mass is 384 g/mol. The molecule has 148 valence electrons. The van der Waals surface area contributed by atoms with E-state index in [1.165, 1.54) is 6.92 Å². The van der Waals surface area contributed by atoms with Gasteiger partial charge in [0.1, 0.15) is 6.61 Å². The molecule has 0 unspecified atom stereocenters. The van der Waals surface area contributed by atoms with Crippen LogP contribution in [-0.2, 0) is 14.3 Å². The number of hydrogen-bond acceptors (Lipinski definition) is 7. The minimum atomic E-state index is -1.37. The Morgan fingerprint density at radius 2 is 1.56 bits per heavy atom. The third-order valence-corrected chi connectivity index (χ3v) is 2.78. The molecule has 0 heterocycles. The van der Waals surface area contributed by atoms with Gasteiger partial charge in [-0.2, -0.15) is 0 Å². The number of carbonyl (C=O) groups is 4. The summed E-state index contributed by atoms with van der Waals surface area (Å²) in [7, 11) is 0. The van der Waals surface area contributed by atoms with Crippen LogP contribution in [0, 0.1) is 0 Å². The average molecular weight is 384 g/mol. The number of benzene rings is 1. The number of aromatic carboxylic acids is 2. The van der Waals surface area contributed by atoms with Gasteiger partial charge in [0.05, 0.1) is 36.5 Å². The summed E-state index contributed by atoms with van der Waals surface area (Å²) in [6, 6.07) is 3.07. The molecule has 27 heavy (non-hydrogen) atoms. The lowest BCUT2D eigenvalue weighted by atomic mass is 10.0. The first kappa shape index (κ1) is 23.8. The third-order valence-electron chi connectivity index (χ3n) is 2.78. The number of aliphatic hydroxyl groups is 1. The molecule has 0 saturated carbocycles. The highest BCUT2D eigenvalue weighted by atomic mass is 16.6. The van der Waals surface area contributed by atoms with E-state index in [-0.39, 0.29) is 48.7 Å². The fourth-order valence-corrected chi connectivity index (χ4v) is 1.47. The molecular formula is C17H20O10. The maximum Gasteiger partial charge on any atom is 0.339 e. The molecule has 10 heteroatoms. The first-order valence-corrected chi connectivity index (χ1v) is 7.47. The van der Waals surface area contributed by atoms with Gasteiger partial charge in [-0.1, -0.05) is 6.58 Å². The summed E-state index contributed by atoms with van der Waals surface area (Å²) in [5.41, 5.74) is -0.732. The Labute approximate surface area is 154 Å². The molecule has 4 N–H and O–H groups in total. The SMILES string of the molecule is C=C(C)C(=O)O.O=C(O)c1ccc(C(=O)O)c(C(=O)OCCOCCO)c1. The van der Waals surface area contributed by atoms with E-state index in [9.17, 15) is 19.2 Å². The van der Waals surface area contributed by atoms with Crippen molar-refractivity contribution in [3.05, 3.63) is 47.0 Å². The number of esters is 1. The van der Waals surface area contributed by atoms with E-state index in [0.717, 1.165) is 18.2 Å². The Morgan fingerprint density at radius 3 is 2.00 bits per heavy atom. The number of carbonyl (C=O) groups excluding carboxylic acids is 1. The van der Waals surface area contributed by atoms with Gasteiger partial charge in [-0.15, -0.1) is 0 Å². The van der Waals surface area contributed by atoms with Crippen molar-refractivity contribution >= 4 is 23.9 Å². The van der Waals surface area contributed by atoms with Crippen LogP contribution in [0.3, 0.4) is 0 Å². The number of aliphatic hydroxyl groups excluding tert-OH is 1. The van der Waals surface area contributed by atoms with E-state index < -0.39 is 23.9 Å². The smallest absolute Gasteiger partial charge is 0.339 e. The Hall–Kier alpha value is -3.24. The van der Waals surface area contributed by atoms with Crippen molar-refractivity contribution in [2.75, 3.05) is 26.4 Å². The predicted molar refractivity (Wildman–Crippen MR) is 91.0 cm³/mol. The van der Waals surface area contributed by atoms with Crippen LogP contribution in [0.25, 0.3) is 0 Å². The topological polar surface area (TPSA) is 168 Å². The predicted octanol–water partition coefficient (Wildman–Crippen LogP) is 0.896. The van der Waals surface area contributed by atoms with Crippen LogP contribution in [0.15, 0.2) is 30.4 Å². The average Bonchev–Trinajstić information content (AvgIpc) is 2.61. The van der Waals surface area contributed by atoms with Gasteiger partial charge in [0, 0.05) is 5.57 Å². The number of aliphatic carboxylic acids is 1. The summed E-state index contributed by atoms with van der Waals surface area (Å²) in [5, 5.41) is 34.2. The number of hydrogen-bond donors (Lipinski definition) is 4. The highest BCUT2D eigenvalue weighted by Crippen LogP contribution is 2.14. The molecule has 1 rings (SSSR count). The van der Waals surface area contributed by atoms with E-state index in [4.69, 9.17) is 29.9 Å². The zero-order valence-electron chi connectivity index (χ0n) is 14.5. The van der Waals surface area contributed by atoms with E-state index in [2.05, 4.69) is 6.58 Å². The summed E-state index contributed by atoms with van der Waals surface area (Å²) in [4.78, 5) is 43.3. The van der Waals surface area contributed by atoms with Crippen molar-refractivity contribution in [1.29, 1.82) is 0 Å². The third kappa shape index (κ3) is 9.14. The summed E-state index contributed by atoms with van der Waals surface area (Å²) >= 11 is 0. The molecule has 1 aromatic carbocycles. The fourth-order valence-electron chi connectivity index (χ4n) is 1.47. The Morgan fingerprint density at radius 1 is 0.963 bits per heavy atom.